The van der Waals surface area contributed by atoms with Gasteiger partial charge in [0.2, 0.25) is 0 Å². The van der Waals surface area contributed by atoms with E-state index < -0.39 is 0 Å². The molecule has 0 N–H and O–H groups in total. The van der Waals surface area contributed by atoms with Gasteiger partial charge in [0.25, 0.3) is 5.56 Å². The maximum Gasteiger partial charge on any atom is 0.332 e. The number of hydrogen-bond donors (Lipinski definition) is 0. The number of imidazole rings is 1. The number of hydrogen-bond acceptors (Lipinski definition) is 4. The number of aromatic nitrogens is 4. The molecule has 3 heterocycles. The maximum atomic E-state index is 13.0. The van der Waals surface area contributed by atoms with Crippen molar-refractivity contribution in [3.8, 4) is 11.3 Å². The molecule has 0 unspecified atom stereocenters. The summed E-state index contributed by atoms with van der Waals surface area (Å²) < 4.78 is 10.1. The van der Waals surface area contributed by atoms with Crippen molar-refractivity contribution in [1.29, 1.82) is 0 Å². The van der Waals surface area contributed by atoms with E-state index in [1.54, 1.807) is 29.8 Å². The minimum Gasteiger partial charge on any atom is -0.423 e. The molecule has 140 valence electrons. The lowest BCUT2D eigenvalue weighted by atomic mass is 10.2. The fraction of sp³-hybridized carbons (Fsp3) is 0.316. The van der Waals surface area contributed by atoms with E-state index in [1.165, 1.54) is 9.13 Å². The van der Waals surface area contributed by atoms with Crippen LogP contribution < -0.4 is 11.2 Å². The molecule has 0 saturated carbocycles. The zero-order valence-electron chi connectivity index (χ0n) is 15.1. The van der Waals surface area contributed by atoms with Gasteiger partial charge in [-0.1, -0.05) is 31.4 Å². The molecule has 0 bridgehead atoms. The van der Waals surface area contributed by atoms with Crippen LogP contribution in [0.2, 0.25) is 5.02 Å². The highest BCUT2D eigenvalue weighted by atomic mass is 35.5. The smallest absolute Gasteiger partial charge is 0.332 e. The molecular formula is C19H19ClN4O3. The van der Waals surface area contributed by atoms with Gasteiger partial charge < -0.3 is 4.42 Å². The highest BCUT2D eigenvalue weighted by Crippen LogP contribution is 2.25. The van der Waals surface area contributed by atoms with E-state index in [1.807, 2.05) is 12.1 Å². The van der Waals surface area contributed by atoms with Gasteiger partial charge in [0.05, 0.1) is 6.20 Å². The Kier molecular flexibility index (Phi) is 4.39. The van der Waals surface area contributed by atoms with Crippen LogP contribution in [0.1, 0.15) is 26.2 Å². The largest absolute Gasteiger partial charge is 0.423 e. The van der Waals surface area contributed by atoms with Crippen LogP contribution in [0.25, 0.3) is 28.3 Å². The third kappa shape index (κ3) is 2.88. The lowest BCUT2D eigenvalue weighted by Gasteiger charge is -2.07. The molecule has 0 aliphatic heterocycles. The van der Waals surface area contributed by atoms with E-state index in [9.17, 15) is 9.59 Å². The van der Waals surface area contributed by atoms with Crippen molar-refractivity contribution in [1.82, 2.24) is 18.5 Å². The Bertz CT molecular complexity index is 1240. The maximum absolute atomic E-state index is 13.0. The van der Waals surface area contributed by atoms with Gasteiger partial charge in [-0.2, -0.15) is 4.98 Å². The average Bonchev–Trinajstić information content (AvgIpc) is 3.21. The molecule has 8 heteroatoms. The summed E-state index contributed by atoms with van der Waals surface area (Å²) in [7, 11) is 1.62. The molecule has 7 nitrogen and oxygen atoms in total. The number of rotatable bonds is 5. The van der Waals surface area contributed by atoms with Crippen molar-refractivity contribution >= 4 is 28.6 Å². The van der Waals surface area contributed by atoms with Crippen LogP contribution in [0.5, 0.6) is 0 Å². The van der Waals surface area contributed by atoms with Gasteiger partial charge >= 0.3 is 11.5 Å². The number of unbranched alkanes of at least 4 members (excludes halogenated alkanes) is 2. The molecule has 1 aromatic carbocycles. The van der Waals surface area contributed by atoms with Crippen LogP contribution in [0.4, 0.5) is 0 Å². The second-order valence-corrected chi connectivity index (χ2v) is 6.98. The summed E-state index contributed by atoms with van der Waals surface area (Å²) in [6.07, 6.45) is 4.47. The van der Waals surface area contributed by atoms with Gasteiger partial charge in [-0.25, -0.2) is 4.79 Å². The molecule has 3 aromatic heterocycles. The van der Waals surface area contributed by atoms with E-state index in [0.29, 0.717) is 28.5 Å². The number of fused-ring (bicyclic) bond motifs is 3. The Hall–Kier alpha value is -2.80. The summed E-state index contributed by atoms with van der Waals surface area (Å²) >= 11 is 5.93. The van der Waals surface area contributed by atoms with Gasteiger partial charge in [-0.15, -0.1) is 0 Å². The lowest BCUT2D eigenvalue weighted by molar-refractivity contribution is 0.550. The highest BCUT2D eigenvalue weighted by Gasteiger charge is 2.19. The molecule has 0 saturated heterocycles. The van der Waals surface area contributed by atoms with Crippen LogP contribution in [-0.2, 0) is 13.6 Å². The van der Waals surface area contributed by atoms with E-state index in [4.69, 9.17) is 16.0 Å². The zero-order chi connectivity index (χ0) is 19.1. The minimum atomic E-state index is -0.359. The molecule has 0 atom stereocenters. The molecule has 27 heavy (non-hydrogen) atoms. The summed E-state index contributed by atoms with van der Waals surface area (Å²) in [5.41, 5.74) is 0.777. The molecular weight excluding hydrogens is 368 g/mol. The van der Waals surface area contributed by atoms with Crippen LogP contribution in [-0.4, -0.2) is 18.5 Å². The summed E-state index contributed by atoms with van der Waals surface area (Å²) in [5.74, 6) is 0.843. The van der Waals surface area contributed by atoms with Crippen molar-refractivity contribution in [2.75, 3.05) is 0 Å². The van der Waals surface area contributed by atoms with Gasteiger partial charge in [0.1, 0.15) is 0 Å². The second kappa shape index (κ2) is 6.74. The predicted molar refractivity (Wildman–Crippen MR) is 104 cm³/mol. The van der Waals surface area contributed by atoms with Crippen LogP contribution >= 0.6 is 11.6 Å². The Balaban J connectivity index is 1.91. The number of nitrogens with zero attached hydrogens (tertiary/aromatic N) is 4. The van der Waals surface area contributed by atoms with Crippen LogP contribution in [0, 0.1) is 0 Å². The van der Waals surface area contributed by atoms with Gasteiger partial charge in [-0.05, 0) is 30.7 Å². The molecule has 0 aliphatic rings. The summed E-state index contributed by atoms with van der Waals surface area (Å²) in [6, 6.07) is 7.21. The van der Waals surface area contributed by atoms with Crippen molar-refractivity contribution < 1.29 is 4.42 Å². The van der Waals surface area contributed by atoms with E-state index in [2.05, 4.69) is 11.9 Å². The van der Waals surface area contributed by atoms with Crippen LogP contribution in [0.3, 0.4) is 0 Å². The zero-order valence-corrected chi connectivity index (χ0v) is 15.9. The van der Waals surface area contributed by atoms with E-state index >= 15 is 0 Å². The normalized spacial score (nSPS) is 11.7. The number of aryl methyl sites for hydroxylation is 1. The fourth-order valence-electron chi connectivity index (χ4n) is 3.22. The summed E-state index contributed by atoms with van der Waals surface area (Å²) in [6.45, 7) is 2.47. The molecule has 0 spiro atoms. The number of benzene rings is 1. The first kappa shape index (κ1) is 17.6. The lowest BCUT2D eigenvalue weighted by Crippen LogP contribution is -2.39. The minimum absolute atomic E-state index is 0.272. The van der Waals surface area contributed by atoms with Crippen molar-refractivity contribution in [2.24, 2.45) is 7.05 Å². The molecule has 0 amide bonds. The Labute approximate surface area is 159 Å². The Morgan fingerprint density at radius 1 is 1.15 bits per heavy atom. The molecule has 4 rings (SSSR count). The molecule has 4 aromatic rings. The third-order valence-electron chi connectivity index (χ3n) is 4.71. The van der Waals surface area contributed by atoms with Gasteiger partial charge in [-0.3, -0.25) is 18.3 Å². The highest BCUT2D eigenvalue weighted by molar-refractivity contribution is 6.30. The first-order valence-electron chi connectivity index (χ1n) is 8.88. The Morgan fingerprint density at radius 2 is 1.89 bits per heavy atom. The molecule has 0 radical (unpaired) electrons. The quantitative estimate of drug-likeness (QED) is 0.492. The number of halogens is 1. The monoisotopic (exact) mass is 386 g/mol. The fourth-order valence-corrected chi connectivity index (χ4v) is 3.34. The average molecular weight is 387 g/mol. The van der Waals surface area contributed by atoms with Gasteiger partial charge in [0.15, 0.2) is 16.9 Å². The first-order valence-corrected chi connectivity index (χ1v) is 9.26. The Morgan fingerprint density at radius 3 is 2.59 bits per heavy atom. The van der Waals surface area contributed by atoms with E-state index in [-0.39, 0.29) is 17.1 Å². The summed E-state index contributed by atoms with van der Waals surface area (Å²) in [4.78, 5) is 29.9. The standard InChI is InChI=1S/C19H19ClN4O3/c1-3-4-5-10-23-17(25)15-16(22(2)19(23)26)21-18-24(15)11-14(27-18)12-6-8-13(20)9-7-12/h6-9,11H,3-5,10H2,1-2H3. The van der Waals surface area contributed by atoms with Crippen molar-refractivity contribution in [3.63, 3.8) is 0 Å². The van der Waals surface area contributed by atoms with Crippen LogP contribution in [0.15, 0.2) is 44.5 Å². The van der Waals surface area contributed by atoms with Gasteiger partial charge in [0, 0.05) is 24.2 Å². The van der Waals surface area contributed by atoms with Crippen molar-refractivity contribution in [2.45, 2.75) is 32.7 Å². The molecule has 0 fully saturated rings. The van der Waals surface area contributed by atoms with E-state index in [0.717, 1.165) is 24.8 Å². The topological polar surface area (TPSA) is 74.4 Å². The molecule has 0 aliphatic carbocycles. The predicted octanol–water partition coefficient (Wildman–Crippen LogP) is 3.45. The van der Waals surface area contributed by atoms with Crippen molar-refractivity contribution in [3.05, 3.63) is 56.3 Å². The SMILES string of the molecule is CCCCCn1c(=O)c2c(nc3oc(-c4ccc(Cl)cc4)cn32)n(C)c1=O. The first-order chi connectivity index (χ1) is 13.0. The second-order valence-electron chi connectivity index (χ2n) is 6.54. The number of oxazole rings is 1. The summed E-state index contributed by atoms with van der Waals surface area (Å²) in [5, 5.41) is 0.630. The third-order valence-corrected chi connectivity index (χ3v) is 4.96.